The Kier molecular flexibility index (Phi) is 11.6. The van der Waals surface area contributed by atoms with Gasteiger partial charge in [-0.2, -0.15) is 0 Å². The monoisotopic (exact) mass is 643 g/mol. The standard InChI is InChI=1S/C42H49N3O3/c46-38-21-19-34(20-22-38)23-28-45(41(47)18-10-13-33-11-3-1-4-12-33)32-35-14-9-15-36(31-35)39-16-5-6-17-40(39)42(48)44-29-24-37(25-30-44)43-26-7-2-8-27-43/h1,3-6,9,11-12,14-17,19-22,31,37,46H,2,7-8,10,13,18,23-30,32H2. The minimum Gasteiger partial charge on any atom is -0.508 e. The molecule has 250 valence electrons. The maximum atomic E-state index is 13.9. The van der Waals surface area contributed by atoms with Gasteiger partial charge in [-0.15, -0.1) is 0 Å². The van der Waals surface area contributed by atoms with Crippen LogP contribution in [0.2, 0.25) is 0 Å². The van der Waals surface area contributed by atoms with E-state index in [0.717, 1.165) is 66.6 Å². The molecule has 2 fully saturated rings. The molecule has 2 amide bonds. The number of carbonyl (C=O) groups excluding carboxylic acids is 2. The molecule has 4 aromatic carbocycles. The molecule has 6 heteroatoms. The summed E-state index contributed by atoms with van der Waals surface area (Å²) in [6.45, 7) is 5.09. The van der Waals surface area contributed by atoms with Crippen LogP contribution in [-0.2, 0) is 24.2 Å². The minimum atomic E-state index is 0.109. The van der Waals surface area contributed by atoms with Crippen molar-refractivity contribution < 1.29 is 14.7 Å². The van der Waals surface area contributed by atoms with Gasteiger partial charge in [0.15, 0.2) is 0 Å². The molecule has 2 aliphatic heterocycles. The Labute approximate surface area is 286 Å². The summed E-state index contributed by atoms with van der Waals surface area (Å²) < 4.78 is 0. The molecule has 6 rings (SSSR count). The van der Waals surface area contributed by atoms with E-state index < -0.39 is 0 Å². The predicted octanol–water partition coefficient (Wildman–Crippen LogP) is 7.74. The molecular formula is C42H49N3O3. The summed E-state index contributed by atoms with van der Waals surface area (Å²) in [5, 5.41) is 9.73. The molecule has 0 saturated carbocycles. The Morgan fingerprint density at radius 2 is 1.40 bits per heavy atom. The number of piperidine rings is 2. The largest absolute Gasteiger partial charge is 0.508 e. The fraction of sp³-hybridized carbons (Fsp3) is 0.381. The SMILES string of the molecule is O=C(CCCc1ccccc1)N(CCc1ccc(O)cc1)Cc1cccc(-c2ccccc2C(=O)N2CCC(N3CCCCC3)CC2)c1. The van der Waals surface area contributed by atoms with Crippen LogP contribution in [0.1, 0.15) is 72.0 Å². The summed E-state index contributed by atoms with van der Waals surface area (Å²) in [5.41, 5.74) is 6.04. The van der Waals surface area contributed by atoms with E-state index in [9.17, 15) is 14.7 Å². The van der Waals surface area contributed by atoms with Gasteiger partial charge in [-0.3, -0.25) is 9.59 Å². The first kappa shape index (κ1) is 33.5. The zero-order chi connectivity index (χ0) is 33.1. The highest BCUT2D eigenvalue weighted by atomic mass is 16.3. The van der Waals surface area contributed by atoms with Crippen molar-refractivity contribution >= 4 is 11.8 Å². The molecule has 1 N–H and O–H groups in total. The lowest BCUT2D eigenvalue weighted by Crippen LogP contribution is -2.48. The van der Waals surface area contributed by atoms with E-state index in [1.54, 1.807) is 12.1 Å². The molecule has 0 radical (unpaired) electrons. The van der Waals surface area contributed by atoms with Crippen LogP contribution in [0.15, 0.2) is 103 Å². The lowest BCUT2D eigenvalue weighted by molar-refractivity contribution is -0.131. The first-order valence-corrected chi connectivity index (χ1v) is 17.8. The average molecular weight is 644 g/mol. The second kappa shape index (κ2) is 16.6. The summed E-state index contributed by atoms with van der Waals surface area (Å²) in [6, 6.07) is 34.4. The van der Waals surface area contributed by atoms with E-state index in [1.165, 1.54) is 37.9 Å². The number of carbonyl (C=O) groups is 2. The molecule has 0 aliphatic carbocycles. The lowest BCUT2D eigenvalue weighted by Gasteiger charge is -2.40. The van der Waals surface area contributed by atoms with Gasteiger partial charge in [-0.1, -0.05) is 85.3 Å². The van der Waals surface area contributed by atoms with E-state index in [1.807, 2.05) is 70.5 Å². The summed E-state index contributed by atoms with van der Waals surface area (Å²) >= 11 is 0. The van der Waals surface area contributed by atoms with Gasteiger partial charge < -0.3 is 19.8 Å². The Balaban J connectivity index is 1.14. The quantitative estimate of drug-likeness (QED) is 0.172. The fourth-order valence-corrected chi connectivity index (χ4v) is 7.33. The number of likely N-dealkylation sites (tertiary alicyclic amines) is 2. The second-order valence-corrected chi connectivity index (χ2v) is 13.4. The number of phenolic OH excluding ortho intramolecular Hbond substituents is 1. The summed E-state index contributed by atoms with van der Waals surface area (Å²) in [7, 11) is 0. The highest BCUT2D eigenvalue weighted by molar-refractivity contribution is 6.01. The topological polar surface area (TPSA) is 64.1 Å². The molecule has 4 aromatic rings. The average Bonchev–Trinajstić information content (AvgIpc) is 3.14. The normalized spacial score (nSPS) is 15.7. The molecular weight excluding hydrogens is 594 g/mol. The van der Waals surface area contributed by atoms with Gasteiger partial charge in [0.2, 0.25) is 5.91 Å². The molecule has 2 heterocycles. The number of aryl methyl sites for hydroxylation is 1. The number of hydrogen-bond donors (Lipinski definition) is 1. The Hall–Kier alpha value is -4.42. The van der Waals surface area contributed by atoms with Gasteiger partial charge in [-0.25, -0.2) is 0 Å². The number of nitrogens with zero attached hydrogens (tertiary/aromatic N) is 3. The van der Waals surface area contributed by atoms with Crippen LogP contribution >= 0.6 is 0 Å². The van der Waals surface area contributed by atoms with Crippen LogP contribution in [0.3, 0.4) is 0 Å². The van der Waals surface area contributed by atoms with E-state index in [2.05, 4.69) is 35.2 Å². The van der Waals surface area contributed by atoms with Crippen LogP contribution < -0.4 is 0 Å². The van der Waals surface area contributed by atoms with Crippen molar-refractivity contribution in [1.82, 2.24) is 14.7 Å². The minimum absolute atomic E-state index is 0.109. The number of rotatable bonds is 12. The Morgan fingerprint density at radius 3 is 2.17 bits per heavy atom. The van der Waals surface area contributed by atoms with Crippen LogP contribution in [0.5, 0.6) is 5.75 Å². The van der Waals surface area contributed by atoms with Crippen LogP contribution in [0.4, 0.5) is 0 Å². The molecule has 0 aromatic heterocycles. The molecule has 0 spiro atoms. The van der Waals surface area contributed by atoms with Crippen molar-refractivity contribution in [3.05, 3.63) is 125 Å². The number of phenols is 1. The van der Waals surface area contributed by atoms with Crippen LogP contribution in [0, 0.1) is 0 Å². The molecule has 0 atom stereocenters. The molecule has 0 bridgehead atoms. The van der Waals surface area contributed by atoms with Crippen LogP contribution in [0.25, 0.3) is 11.1 Å². The summed E-state index contributed by atoms with van der Waals surface area (Å²) in [6.07, 6.45) is 8.87. The lowest BCUT2D eigenvalue weighted by atomic mass is 9.95. The van der Waals surface area contributed by atoms with Gasteiger partial charge in [0.05, 0.1) is 0 Å². The van der Waals surface area contributed by atoms with Crippen molar-refractivity contribution in [3.8, 4) is 16.9 Å². The van der Waals surface area contributed by atoms with Gasteiger partial charge in [-0.05, 0) is 110 Å². The van der Waals surface area contributed by atoms with E-state index in [0.29, 0.717) is 32.0 Å². The predicted molar refractivity (Wildman–Crippen MR) is 193 cm³/mol. The van der Waals surface area contributed by atoms with Crippen molar-refractivity contribution in [2.24, 2.45) is 0 Å². The Bertz CT molecular complexity index is 1620. The zero-order valence-corrected chi connectivity index (χ0v) is 28.1. The summed E-state index contributed by atoms with van der Waals surface area (Å²) in [4.78, 5) is 34.2. The Morgan fingerprint density at radius 1 is 0.708 bits per heavy atom. The number of amides is 2. The van der Waals surface area contributed by atoms with Crippen molar-refractivity contribution in [2.75, 3.05) is 32.7 Å². The maximum absolute atomic E-state index is 13.9. The summed E-state index contributed by atoms with van der Waals surface area (Å²) in [5.74, 6) is 0.487. The van der Waals surface area contributed by atoms with Gasteiger partial charge in [0.25, 0.3) is 5.91 Å². The van der Waals surface area contributed by atoms with Crippen molar-refractivity contribution in [3.63, 3.8) is 0 Å². The van der Waals surface area contributed by atoms with Gasteiger partial charge >= 0.3 is 0 Å². The number of hydrogen-bond acceptors (Lipinski definition) is 4. The zero-order valence-electron chi connectivity index (χ0n) is 28.1. The number of aromatic hydroxyl groups is 1. The maximum Gasteiger partial charge on any atom is 0.254 e. The van der Waals surface area contributed by atoms with E-state index in [4.69, 9.17) is 0 Å². The number of benzene rings is 4. The fourth-order valence-electron chi connectivity index (χ4n) is 7.33. The second-order valence-electron chi connectivity index (χ2n) is 13.4. The van der Waals surface area contributed by atoms with Gasteiger partial charge in [0.1, 0.15) is 5.75 Å². The molecule has 6 nitrogen and oxygen atoms in total. The van der Waals surface area contributed by atoms with E-state index in [-0.39, 0.29) is 17.6 Å². The third-order valence-corrected chi connectivity index (χ3v) is 10.1. The first-order chi connectivity index (χ1) is 23.5. The first-order valence-electron chi connectivity index (χ1n) is 17.8. The highest BCUT2D eigenvalue weighted by Crippen LogP contribution is 2.28. The molecule has 0 unspecified atom stereocenters. The molecule has 2 saturated heterocycles. The molecule has 48 heavy (non-hydrogen) atoms. The van der Waals surface area contributed by atoms with E-state index >= 15 is 0 Å². The third-order valence-electron chi connectivity index (χ3n) is 10.1. The van der Waals surface area contributed by atoms with Crippen molar-refractivity contribution in [1.29, 1.82) is 0 Å². The molecule has 2 aliphatic rings. The third kappa shape index (κ3) is 8.93. The smallest absolute Gasteiger partial charge is 0.254 e. The van der Waals surface area contributed by atoms with Crippen LogP contribution in [-0.4, -0.2) is 70.4 Å². The van der Waals surface area contributed by atoms with Crippen molar-refractivity contribution in [2.45, 2.75) is 70.4 Å². The highest BCUT2D eigenvalue weighted by Gasteiger charge is 2.29. The van der Waals surface area contributed by atoms with Gasteiger partial charge in [0, 0.05) is 44.2 Å².